The van der Waals surface area contributed by atoms with Gasteiger partial charge < -0.3 is 5.32 Å². The van der Waals surface area contributed by atoms with E-state index < -0.39 is 17.6 Å². The topological polar surface area (TPSA) is 83.6 Å². The van der Waals surface area contributed by atoms with Crippen molar-refractivity contribution in [3.8, 4) is 11.4 Å². The molecule has 0 atom stereocenters. The summed E-state index contributed by atoms with van der Waals surface area (Å²) >= 11 is 3.34. The largest absolute Gasteiger partial charge is 0.416 e. The molecule has 0 saturated heterocycles. The fourth-order valence-electron chi connectivity index (χ4n) is 2.22. The molecule has 0 bridgehead atoms. The van der Waals surface area contributed by atoms with Crippen molar-refractivity contribution < 1.29 is 18.0 Å². The Balaban J connectivity index is 1.74. The highest BCUT2D eigenvalue weighted by Gasteiger charge is 2.29. The first-order chi connectivity index (χ1) is 12.8. The monoisotopic (exact) mass is 437 g/mol. The zero-order chi connectivity index (χ0) is 19.4. The van der Waals surface area contributed by atoms with Gasteiger partial charge in [0.05, 0.1) is 11.3 Å². The van der Waals surface area contributed by atoms with Gasteiger partial charge in [-0.3, -0.25) is 4.79 Å². The van der Waals surface area contributed by atoms with E-state index in [4.69, 9.17) is 0 Å². The second-order valence-electron chi connectivity index (χ2n) is 5.37. The molecule has 0 fully saturated rings. The average molecular weight is 438 g/mol. The lowest BCUT2D eigenvalue weighted by molar-refractivity contribution is -0.137. The molecular weight excluding hydrogens is 427 g/mol. The lowest BCUT2D eigenvalue weighted by atomic mass is 10.1. The number of alkyl halides is 3. The Bertz CT molecular complexity index is 969. The van der Waals surface area contributed by atoms with E-state index in [1.54, 1.807) is 18.2 Å². The van der Waals surface area contributed by atoms with Crippen molar-refractivity contribution in [1.29, 1.82) is 0 Å². The summed E-state index contributed by atoms with van der Waals surface area (Å²) in [6, 6.07) is 9.62. The normalized spacial score (nSPS) is 11.7. The van der Waals surface area contributed by atoms with E-state index in [-0.39, 0.29) is 0 Å². The number of aromatic nitrogens is 4. The van der Waals surface area contributed by atoms with Crippen molar-refractivity contribution in [2.45, 2.75) is 6.18 Å². The number of aromatic amines is 1. The Morgan fingerprint density at radius 3 is 2.52 bits per heavy atom. The standard InChI is InChI=1S/C17H11BrF3N5O/c18-12-6-7-14(13(9-12)16-23-25-26-24-16)22-15(27)8-3-10-1-4-11(5-2-10)17(19,20)21/h1-9H,(H,22,27)(H,23,24,25,26)/b8-3+. The van der Waals surface area contributed by atoms with Crippen LogP contribution in [0.25, 0.3) is 17.5 Å². The number of nitrogens with one attached hydrogen (secondary N) is 2. The summed E-state index contributed by atoms with van der Waals surface area (Å²) in [4.78, 5) is 12.2. The van der Waals surface area contributed by atoms with Gasteiger partial charge >= 0.3 is 6.18 Å². The number of tetrazole rings is 1. The van der Waals surface area contributed by atoms with Gasteiger partial charge in [-0.15, -0.1) is 10.2 Å². The highest BCUT2D eigenvalue weighted by atomic mass is 79.9. The molecule has 0 aliphatic rings. The summed E-state index contributed by atoms with van der Waals surface area (Å²) in [6.45, 7) is 0. The number of rotatable bonds is 4. The average Bonchev–Trinajstić information content (AvgIpc) is 3.15. The maximum Gasteiger partial charge on any atom is 0.416 e. The van der Waals surface area contributed by atoms with Crippen LogP contribution in [0, 0.1) is 0 Å². The van der Waals surface area contributed by atoms with E-state index in [9.17, 15) is 18.0 Å². The summed E-state index contributed by atoms with van der Waals surface area (Å²) < 4.78 is 38.4. The van der Waals surface area contributed by atoms with Crippen LogP contribution in [0.5, 0.6) is 0 Å². The van der Waals surface area contributed by atoms with Crippen molar-refractivity contribution >= 4 is 33.6 Å². The number of benzene rings is 2. The van der Waals surface area contributed by atoms with E-state index in [0.29, 0.717) is 22.6 Å². The first-order valence-electron chi connectivity index (χ1n) is 7.52. The lowest BCUT2D eigenvalue weighted by Gasteiger charge is -2.08. The summed E-state index contributed by atoms with van der Waals surface area (Å²) in [5.74, 6) is -0.153. The Morgan fingerprint density at radius 1 is 1.15 bits per heavy atom. The van der Waals surface area contributed by atoms with Crippen molar-refractivity contribution in [2.75, 3.05) is 5.32 Å². The van der Waals surface area contributed by atoms with Gasteiger partial charge in [0, 0.05) is 16.1 Å². The van der Waals surface area contributed by atoms with Gasteiger partial charge in [0.2, 0.25) is 11.7 Å². The molecule has 2 aromatic carbocycles. The van der Waals surface area contributed by atoms with Crippen LogP contribution < -0.4 is 5.32 Å². The number of nitrogens with zero attached hydrogens (tertiary/aromatic N) is 3. The van der Waals surface area contributed by atoms with Crippen LogP contribution in [0.2, 0.25) is 0 Å². The molecule has 138 valence electrons. The highest BCUT2D eigenvalue weighted by Crippen LogP contribution is 2.30. The molecule has 10 heteroatoms. The van der Waals surface area contributed by atoms with Crippen LogP contribution in [-0.4, -0.2) is 26.5 Å². The highest BCUT2D eigenvalue weighted by molar-refractivity contribution is 9.10. The van der Waals surface area contributed by atoms with Crippen LogP contribution in [0.1, 0.15) is 11.1 Å². The van der Waals surface area contributed by atoms with Crippen LogP contribution in [0.15, 0.2) is 53.0 Å². The summed E-state index contributed by atoms with van der Waals surface area (Å²) in [6.07, 6.45) is -1.75. The van der Waals surface area contributed by atoms with Gasteiger partial charge in [-0.05, 0) is 47.2 Å². The molecule has 1 amide bonds. The van der Waals surface area contributed by atoms with Crippen LogP contribution >= 0.6 is 15.9 Å². The van der Waals surface area contributed by atoms with E-state index in [0.717, 1.165) is 16.6 Å². The van der Waals surface area contributed by atoms with Gasteiger partial charge in [-0.25, -0.2) is 0 Å². The Hall–Kier alpha value is -3.01. The van der Waals surface area contributed by atoms with Gasteiger partial charge in [0.15, 0.2) is 0 Å². The predicted molar refractivity (Wildman–Crippen MR) is 96.4 cm³/mol. The molecule has 3 rings (SSSR count). The van der Waals surface area contributed by atoms with Gasteiger partial charge in [-0.1, -0.05) is 28.1 Å². The second-order valence-corrected chi connectivity index (χ2v) is 6.28. The maximum atomic E-state index is 12.6. The van der Waals surface area contributed by atoms with Crippen molar-refractivity contribution in [3.05, 3.63) is 64.1 Å². The zero-order valence-corrected chi connectivity index (χ0v) is 15.0. The van der Waals surface area contributed by atoms with Crippen molar-refractivity contribution in [3.63, 3.8) is 0 Å². The number of amides is 1. The van der Waals surface area contributed by atoms with E-state index in [1.807, 2.05) is 0 Å². The lowest BCUT2D eigenvalue weighted by Crippen LogP contribution is -2.09. The number of hydrogen-bond acceptors (Lipinski definition) is 4. The predicted octanol–water partition coefficient (Wildman–Crippen LogP) is 4.30. The van der Waals surface area contributed by atoms with E-state index >= 15 is 0 Å². The van der Waals surface area contributed by atoms with Crippen molar-refractivity contribution in [2.24, 2.45) is 0 Å². The molecular formula is C17H11BrF3N5O. The number of hydrogen-bond donors (Lipinski definition) is 2. The van der Waals surface area contributed by atoms with Gasteiger partial charge in [-0.2, -0.15) is 18.4 Å². The number of carbonyl (C=O) groups is 1. The third kappa shape index (κ3) is 4.79. The molecule has 0 spiro atoms. The van der Waals surface area contributed by atoms with Crippen LogP contribution in [0.3, 0.4) is 0 Å². The first kappa shape index (κ1) is 18.8. The fourth-order valence-corrected chi connectivity index (χ4v) is 2.58. The third-order valence-electron chi connectivity index (χ3n) is 3.49. The molecule has 0 aliphatic carbocycles. The fraction of sp³-hybridized carbons (Fsp3) is 0.0588. The minimum Gasteiger partial charge on any atom is -0.322 e. The summed E-state index contributed by atoms with van der Waals surface area (Å²) in [5, 5.41) is 16.3. The zero-order valence-electron chi connectivity index (χ0n) is 13.5. The van der Waals surface area contributed by atoms with Crippen LogP contribution in [0.4, 0.5) is 18.9 Å². The molecule has 1 heterocycles. The second kappa shape index (κ2) is 7.70. The Labute approximate surface area is 159 Å². The molecule has 0 radical (unpaired) electrons. The van der Waals surface area contributed by atoms with Crippen molar-refractivity contribution in [1.82, 2.24) is 20.6 Å². The minimum atomic E-state index is -4.40. The molecule has 3 aromatic rings. The summed E-state index contributed by atoms with van der Waals surface area (Å²) in [5.41, 5.74) is 0.729. The summed E-state index contributed by atoms with van der Waals surface area (Å²) in [7, 11) is 0. The van der Waals surface area contributed by atoms with Gasteiger partial charge in [0.1, 0.15) is 0 Å². The third-order valence-corrected chi connectivity index (χ3v) is 3.98. The molecule has 0 aliphatic heterocycles. The smallest absolute Gasteiger partial charge is 0.322 e. The number of anilines is 1. The molecule has 0 saturated carbocycles. The Kier molecular flexibility index (Phi) is 5.36. The number of carbonyl (C=O) groups excluding carboxylic acids is 1. The SMILES string of the molecule is O=C(/C=C/c1ccc(C(F)(F)F)cc1)Nc1ccc(Br)cc1-c1nn[nH]n1. The van der Waals surface area contributed by atoms with E-state index in [2.05, 4.69) is 41.9 Å². The molecule has 6 nitrogen and oxygen atoms in total. The molecule has 1 aromatic heterocycles. The molecule has 27 heavy (non-hydrogen) atoms. The van der Waals surface area contributed by atoms with E-state index in [1.165, 1.54) is 24.3 Å². The number of H-pyrrole nitrogens is 1. The first-order valence-corrected chi connectivity index (χ1v) is 8.32. The Morgan fingerprint density at radius 2 is 1.89 bits per heavy atom. The molecule has 2 N–H and O–H groups in total. The maximum absolute atomic E-state index is 12.6. The quantitative estimate of drug-likeness (QED) is 0.596. The number of halogens is 4. The van der Waals surface area contributed by atoms with Crippen LogP contribution in [-0.2, 0) is 11.0 Å². The van der Waals surface area contributed by atoms with Gasteiger partial charge in [0.25, 0.3) is 0 Å². The molecule has 0 unspecified atom stereocenters. The minimum absolute atomic E-state index is 0.304.